The first-order valence-electron chi connectivity index (χ1n) is 11.6. The summed E-state index contributed by atoms with van der Waals surface area (Å²) in [6.45, 7) is 5.99. The SMILES string of the molecule is C/C(C=NSNC(=O)Nc1ccccc1C(C)C)=C\c1ccc(N(C)c2ccc(OC(F)(F)F)cc2)nc1. The Morgan fingerprint density at radius 3 is 2.45 bits per heavy atom. The predicted octanol–water partition coefficient (Wildman–Crippen LogP) is 7.73. The van der Waals surface area contributed by atoms with Crippen molar-refractivity contribution in [3.63, 3.8) is 0 Å². The van der Waals surface area contributed by atoms with Crippen molar-refractivity contribution in [2.24, 2.45) is 4.40 Å². The van der Waals surface area contributed by atoms with E-state index >= 15 is 0 Å². The minimum atomic E-state index is -4.73. The molecule has 7 nitrogen and oxygen atoms in total. The quantitative estimate of drug-likeness (QED) is 0.213. The van der Waals surface area contributed by atoms with Crippen molar-refractivity contribution in [3.05, 3.63) is 83.6 Å². The zero-order valence-corrected chi connectivity index (χ0v) is 22.1. The molecule has 3 aromatic rings. The summed E-state index contributed by atoms with van der Waals surface area (Å²) < 4.78 is 47.7. The highest BCUT2D eigenvalue weighted by atomic mass is 32.2. The Morgan fingerprint density at radius 2 is 1.82 bits per heavy atom. The van der Waals surface area contributed by atoms with Crippen molar-refractivity contribution in [2.45, 2.75) is 33.1 Å². The van der Waals surface area contributed by atoms with Crippen LogP contribution in [0.5, 0.6) is 5.75 Å². The molecular weight excluding hydrogens is 515 g/mol. The standard InChI is InChI=1S/C27H28F3N5O2S/c1-18(2)23-7-5-6-8-24(23)33-26(36)34-38-32-16-19(3)15-20-9-14-25(31-17-20)35(4)21-10-12-22(13-11-21)37-27(28,29)30/h5-18H,1-4H3,(H2,33,34,36)/b19-15+,32-16?. The fraction of sp³-hybridized carbons (Fsp3) is 0.222. The number of hydrogen-bond donors (Lipinski definition) is 2. The van der Waals surface area contributed by atoms with Gasteiger partial charge in [0.1, 0.15) is 11.6 Å². The molecule has 0 spiro atoms. The Kier molecular flexibility index (Phi) is 9.78. The lowest BCUT2D eigenvalue weighted by Gasteiger charge is -2.19. The Hall–Kier alpha value is -3.99. The Labute approximate surface area is 224 Å². The third kappa shape index (κ3) is 8.84. The van der Waals surface area contributed by atoms with Gasteiger partial charge in [0.25, 0.3) is 0 Å². The maximum absolute atomic E-state index is 12.3. The van der Waals surface area contributed by atoms with E-state index in [1.807, 2.05) is 43.3 Å². The maximum atomic E-state index is 12.3. The molecule has 0 aliphatic carbocycles. The fourth-order valence-corrected chi connectivity index (χ4v) is 3.83. The number of halogens is 3. The molecule has 0 aliphatic rings. The average molecular weight is 544 g/mol. The van der Waals surface area contributed by atoms with Gasteiger partial charge in [0.15, 0.2) is 0 Å². The largest absolute Gasteiger partial charge is 0.573 e. The van der Waals surface area contributed by atoms with E-state index in [4.69, 9.17) is 0 Å². The monoisotopic (exact) mass is 543 g/mol. The summed E-state index contributed by atoms with van der Waals surface area (Å²) in [4.78, 5) is 18.4. The molecule has 2 aromatic carbocycles. The van der Waals surface area contributed by atoms with E-state index in [0.29, 0.717) is 11.5 Å². The van der Waals surface area contributed by atoms with Crippen LogP contribution in [0.15, 0.2) is 76.8 Å². The molecule has 0 bridgehead atoms. The Morgan fingerprint density at radius 1 is 1.11 bits per heavy atom. The number of para-hydroxylation sites is 1. The summed E-state index contributed by atoms with van der Waals surface area (Å²) in [5, 5.41) is 2.83. The highest BCUT2D eigenvalue weighted by molar-refractivity contribution is 7.96. The molecule has 0 unspecified atom stereocenters. The van der Waals surface area contributed by atoms with Crippen LogP contribution < -0.4 is 19.7 Å². The van der Waals surface area contributed by atoms with Gasteiger partial charge in [-0.3, -0.25) is 4.72 Å². The topological polar surface area (TPSA) is 78.9 Å². The van der Waals surface area contributed by atoms with Gasteiger partial charge in [-0.1, -0.05) is 32.0 Å². The van der Waals surface area contributed by atoms with Crippen LogP contribution >= 0.6 is 12.1 Å². The number of allylic oxidation sites excluding steroid dienone is 1. The number of aromatic nitrogens is 1. The van der Waals surface area contributed by atoms with Gasteiger partial charge in [0, 0.05) is 30.8 Å². The molecule has 0 fully saturated rings. The predicted molar refractivity (Wildman–Crippen MR) is 148 cm³/mol. The molecule has 200 valence electrons. The molecule has 0 saturated carbocycles. The lowest BCUT2D eigenvalue weighted by atomic mass is 10.0. The summed E-state index contributed by atoms with van der Waals surface area (Å²) in [6, 6.07) is 16.5. The van der Waals surface area contributed by atoms with Crippen LogP contribution in [0, 0.1) is 0 Å². The van der Waals surface area contributed by atoms with Gasteiger partial charge in [-0.15, -0.1) is 13.2 Å². The highest BCUT2D eigenvalue weighted by Gasteiger charge is 2.31. The van der Waals surface area contributed by atoms with E-state index in [1.165, 1.54) is 24.3 Å². The van der Waals surface area contributed by atoms with Gasteiger partial charge >= 0.3 is 12.4 Å². The van der Waals surface area contributed by atoms with Crippen LogP contribution in [0.1, 0.15) is 37.8 Å². The molecule has 0 atom stereocenters. The van der Waals surface area contributed by atoms with Crippen molar-refractivity contribution < 1.29 is 22.7 Å². The number of anilines is 3. The summed E-state index contributed by atoms with van der Waals surface area (Å²) >= 11 is 0.915. The molecule has 0 radical (unpaired) electrons. The van der Waals surface area contributed by atoms with Crippen LogP contribution in [-0.4, -0.2) is 30.6 Å². The van der Waals surface area contributed by atoms with Crippen LogP contribution in [0.2, 0.25) is 0 Å². The molecule has 2 N–H and O–H groups in total. The van der Waals surface area contributed by atoms with Crippen molar-refractivity contribution in [3.8, 4) is 5.75 Å². The first-order chi connectivity index (χ1) is 18.0. The Bertz CT molecular complexity index is 1280. The molecule has 2 amide bonds. The second kappa shape index (κ2) is 13.0. The lowest BCUT2D eigenvalue weighted by Crippen LogP contribution is -2.23. The van der Waals surface area contributed by atoms with E-state index < -0.39 is 6.36 Å². The second-order valence-corrected chi connectivity index (χ2v) is 9.16. The number of alkyl halides is 3. The molecule has 38 heavy (non-hydrogen) atoms. The number of hydrogen-bond acceptors (Lipinski definition) is 6. The van der Waals surface area contributed by atoms with Crippen LogP contribution in [-0.2, 0) is 0 Å². The van der Waals surface area contributed by atoms with Crippen LogP contribution in [0.3, 0.4) is 0 Å². The summed E-state index contributed by atoms with van der Waals surface area (Å²) in [5.41, 5.74) is 4.14. The van der Waals surface area contributed by atoms with Crippen molar-refractivity contribution in [1.29, 1.82) is 0 Å². The molecule has 0 aliphatic heterocycles. The van der Waals surface area contributed by atoms with Gasteiger partial charge in [0.05, 0.1) is 12.1 Å². The molecule has 3 rings (SSSR count). The van der Waals surface area contributed by atoms with Crippen LogP contribution in [0.25, 0.3) is 6.08 Å². The third-order valence-electron chi connectivity index (χ3n) is 5.24. The van der Waals surface area contributed by atoms with E-state index in [-0.39, 0.29) is 17.7 Å². The molecule has 11 heteroatoms. The summed E-state index contributed by atoms with van der Waals surface area (Å²) in [5.74, 6) is 0.607. The van der Waals surface area contributed by atoms with Gasteiger partial charge < -0.3 is 15.0 Å². The number of amides is 2. The number of ether oxygens (including phenoxy) is 1. The number of carbonyl (C=O) groups is 1. The molecular formula is C27H28F3N5O2S. The minimum absolute atomic E-state index is 0.280. The number of nitrogens with zero attached hydrogens (tertiary/aromatic N) is 3. The van der Waals surface area contributed by atoms with Gasteiger partial charge in [-0.25, -0.2) is 14.2 Å². The summed E-state index contributed by atoms with van der Waals surface area (Å²) in [7, 11) is 1.76. The molecule has 1 heterocycles. The minimum Gasteiger partial charge on any atom is -0.406 e. The zero-order valence-electron chi connectivity index (χ0n) is 21.3. The zero-order chi connectivity index (χ0) is 27.7. The van der Waals surface area contributed by atoms with E-state index in [0.717, 1.165) is 34.5 Å². The van der Waals surface area contributed by atoms with Gasteiger partial charge in [-0.05, 0) is 78.1 Å². The van der Waals surface area contributed by atoms with Crippen molar-refractivity contribution in [1.82, 2.24) is 9.71 Å². The first-order valence-corrected chi connectivity index (χ1v) is 12.4. The number of urea groups is 1. The summed E-state index contributed by atoms with van der Waals surface area (Å²) in [6.07, 6.45) is 0.446. The molecule has 0 saturated heterocycles. The number of nitrogens with one attached hydrogen (secondary N) is 2. The molecule has 1 aromatic heterocycles. The number of carbonyl (C=O) groups excluding carboxylic acids is 1. The third-order valence-corrected chi connectivity index (χ3v) is 5.73. The van der Waals surface area contributed by atoms with E-state index in [1.54, 1.807) is 30.4 Å². The van der Waals surface area contributed by atoms with Gasteiger partial charge in [-0.2, -0.15) is 0 Å². The first kappa shape index (κ1) is 28.6. The smallest absolute Gasteiger partial charge is 0.406 e. The fourth-order valence-electron chi connectivity index (χ4n) is 3.42. The Balaban J connectivity index is 1.51. The van der Waals surface area contributed by atoms with E-state index in [9.17, 15) is 18.0 Å². The van der Waals surface area contributed by atoms with Crippen LogP contribution in [0.4, 0.5) is 35.2 Å². The maximum Gasteiger partial charge on any atom is 0.573 e. The average Bonchev–Trinajstić information content (AvgIpc) is 2.86. The second-order valence-electron chi connectivity index (χ2n) is 8.56. The van der Waals surface area contributed by atoms with E-state index in [2.05, 4.69) is 38.0 Å². The highest BCUT2D eigenvalue weighted by Crippen LogP contribution is 2.28. The van der Waals surface area contributed by atoms with Crippen molar-refractivity contribution >= 4 is 47.6 Å². The number of pyridine rings is 1. The lowest BCUT2D eigenvalue weighted by molar-refractivity contribution is -0.274. The number of rotatable bonds is 9. The van der Waals surface area contributed by atoms with Gasteiger partial charge in [0.2, 0.25) is 0 Å². The van der Waals surface area contributed by atoms with Crippen molar-refractivity contribution in [2.75, 3.05) is 17.3 Å². The normalized spacial score (nSPS) is 12.1. The number of benzene rings is 2.